The molecular formula is C33H44O9Si. The van der Waals surface area contributed by atoms with Gasteiger partial charge < -0.3 is 19.0 Å². The summed E-state index contributed by atoms with van der Waals surface area (Å²) >= 11 is 0. The molecule has 0 amide bonds. The highest BCUT2D eigenvalue weighted by Gasteiger charge is 2.65. The number of ketones is 3. The molecule has 0 aliphatic heterocycles. The molecule has 0 heterocycles. The minimum Gasteiger partial charge on any atom is -0.468 e. The van der Waals surface area contributed by atoms with E-state index in [1.807, 2.05) is 18.2 Å². The van der Waals surface area contributed by atoms with Crippen LogP contribution in [0.5, 0.6) is 0 Å². The molecule has 0 bridgehead atoms. The Morgan fingerprint density at radius 3 is 2.28 bits per heavy atom. The van der Waals surface area contributed by atoms with E-state index in [0.717, 1.165) is 0 Å². The smallest absolute Gasteiger partial charge is 0.319 e. The summed E-state index contributed by atoms with van der Waals surface area (Å²) in [6.07, 6.45) is -0.301. The number of carbonyl (C=O) groups is 6. The number of hydrogen-bond donors (Lipinski definition) is 0. The van der Waals surface area contributed by atoms with E-state index in [1.165, 1.54) is 26.3 Å². The first-order valence-corrected chi connectivity index (χ1v) is 18.3. The quantitative estimate of drug-likeness (QED) is 0.168. The summed E-state index contributed by atoms with van der Waals surface area (Å²) in [5.41, 5.74) is -3.29. The Morgan fingerprint density at radius 2 is 1.70 bits per heavy atom. The highest BCUT2D eigenvalue weighted by atomic mass is 28.3. The molecule has 8 atom stereocenters. The van der Waals surface area contributed by atoms with Crippen molar-refractivity contribution in [3.8, 4) is 0 Å². The monoisotopic (exact) mass is 612 g/mol. The van der Waals surface area contributed by atoms with Crippen LogP contribution in [-0.4, -0.2) is 70.1 Å². The molecule has 0 N–H and O–H groups in total. The second-order valence-electron chi connectivity index (χ2n) is 13.3. The van der Waals surface area contributed by atoms with Crippen molar-refractivity contribution in [3.05, 3.63) is 30.3 Å². The van der Waals surface area contributed by atoms with E-state index in [1.54, 1.807) is 6.92 Å². The standard InChI is InChI=1S/C33H44O9Si/c1-20(40-3)26-12-13-29(37)32(26,31(39)41-4)18-28(42-21(2)35)27-16-23(36)14-22-15-25(17-30(38)33(22,27)19-34)43(5,6)24-10-8-7-9-11-24/h7-11,19-20,22,25-28H,12-18H2,1-6H3/t20-,22-,25-,26-,27-,28-,32+,33+/m1/s1. The zero-order chi connectivity index (χ0) is 31.7. The lowest BCUT2D eigenvalue weighted by Crippen LogP contribution is -2.61. The van der Waals surface area contributed by atoms with Gasteiger partial charge in [0, 0.05) is 58.0 Å². The Kier molecular flexibility index (Phi) is 9.61. The third kappa shape index (κ3) is 5.56. The second kappa shape index (κ2) is 12.6. The molecule has 0 saturated heterocycles. The zero-order valence-electron chi connectivity index (χ0n) is 26.1. The zero-order valence-corrected chi connectivity index (χ0v) is 27.1. The van der Waals surface area contributed by atoms with Crippen LogP contribution in [0.25, 0.3) is 0 Å². The maximum Gasteiger partial charge on any atom is 0.319 e. The van der Waals surface area contributed by atoms with Crippen molar-refractivity contribution in [1.29, 1.82) is 0 Å². The van der Waals surface area contributed by atoms with Gasteiger partial charge in [0.15, 0.2) is 5.78 Å². The Labute approximate surface area is 254 Å². The van der Waals surface area contributed by atoms with Gasteiger partial charge in [-0.1, -0.05) is 48.6 Å². The lowest BCUT2D eigenvalue weighted by Gasteiger charge is -2.53. The van der Waals surface area contributed by atoms with Crippen LogP contribution in [0.3, 0.4) is 0 Å². The van der Waals surface area contributed by atoms with Crippen molar-refractivity contribution in [2.45, 2.75) is 89.6 Å². The number of methoxy groups -OCH3 is 2. The van der Waals surface area contributed by atoms with Crippen LogP contribution in [0.1, 0.15) is 58.8 Å². The molecule has 3 aliphatic carbocycles. The molecule has 0 radical (unpaired) electrons. The van der Waals surface area contributed by atoms with E-state index in [4.69, 9.17) is 14.2 Å². The van der Waals surface area contributed by atoms with Crippen LogP contribution in [0.15, 0.2) is 30.3 Å². The van der Waals surface area contributed by atoms with Gasteiger partial charge in [-0.15, -0.1) is 0 Å². The van der Waals surface area contributed by atoms with E-state index in [-0.39, 0.29) is 55.0 Å². The molecule has 0 unspecified atom stereocenters. The van der Waals surface area contributed by atoms with Crippen LogP contribution in [-0.2, 0) is 43.0 Å². The summed E-state index contributed by atoms with van der Waals surface area (Å²) in [5.74, 6) is -4.39. The van der Waals surface area contributed by atoms with Gasteiger partial charge >= 0.3 is 11.9 Å². The van der Waals surface area contributed by atoms with Crippen molar-refractivity contribution in [1.82, 2.24) is 0 Å². The van der Waals surface area contributed by atoms with E-state index in [9.17, 15) is 28.8 Å². The number of aldehydes is 1. The number of benzene rings is 1. The molecule has 1 aromatic rings. The van der Waals surface area contributed by atoms with Gasteiger partial charge in [-0.25, -0.2) is 0 Å². The number of rotatable bonds is 10. The number of carbonyl (C=O) groups excluding carboxylic acids is 6. The van der Waals surface area contributed by atoms with Gasteiger partial charge in [-0.3, -0.25) is 24.0 Å². The average molecular weight is 613 g/mol. The fourth-order valence-electron chi connectivity index (χ4n) is 8.48. The number of fused-ring (bicyclic) bond motifs is 1. The summed E-state index contributed by atoms with van der Waals surface area (Å²) in [6.45, 7) is 7.38. The Balaban J connectivity index is 1.79. The number of hydrogen-bond acceptors (Lipinski definition) is 9. The lowest BCUT2D eigenvalue weighted by atomic mass is 9.52. The molecule has 1 aromatic carbocycles. The van der Waals surface area contributed by atoms with Crippen LogP contribution >= 0.6 is 0 Å². The summed E-state index contributed by atoms with van der Waals surface area (Å²) in [6, 6.07) is 10.1. The summed E-state index contributed by atoms with van der Waals surface area (Å²) in [5, 5.41) is 1.20. The molecule has 3 aliphatic rings. The normalized spacial score (nSPS) is 32.5. The van der Waals surface area contributed by atoms with Gasteiger partial charge in [0.05, 0.1) is 26.7 Å². The SMILES string of the molecule is COC(=O)[C@]1(C[C@@H](OC(C)=O)[C@H]2CC(=O)C[C@@H]3C[C@@H]([Si](C)(C)c4ccccc4)CC(=O)[C@@]32C=O)C(=O)CC[C@@H]1[C@@H](C)OC. The molecule has 10 heteroatoms. The molecular weight excluding hydrogens is 568 g/mol. The van der Waals surface area contributed by atoms with Crippen molar-refractivity contribution in [2.24, 2.45) is 28.6 Å². The minimum absolute atomic E-state index is 0.00366. The first kappa shape index (κ1) is 32.9. The highest BCUT2D eigenvalue weighted by Crippen LogP contribution is 2.58. The first-order valence-electron chi connectivity index (χ1n) is 15.2. The first-order chi connectivity index (χ1) is 20.3. The van der Waals surface area contributed by atoms with Gasteiger partial charge in [0.25, 0.3) is 0 Å². The topological polar surface area (TPSA) is 130 Å². The van der Waals surface area contributed by atoms with Gasteiger partial charge in [0.1, 0.15) is 29.4 Å². The van der Waals surface area contributed by atoms with Crippen molar-refractivity contribution >= 4 is 48.8 Å². The molecule has 234 valence electrons. The van der Waals surface area contributed by atoms with E-state index < -0.39 is 60.8 Å². The Morgan fingerprint density at radius 1 is 1.02 bits per heavy atom. The molecule has 0 aromatic heterocycles. The fourth-order valence-corrected chi connectivity index (χ4v) is 11.6. The molecule has 4 rings (SSSR count). The maximum absolute atomic E-state index is 14.3. The number of Topliss-reactive ketones (excluding diaryl/α,β-unsaturated/α-hetero) is 3. The van der Waals surface area contributed by atoms with Crippen LogP contribution < -0.4 is 5.19 Å². The van der Waals surface area contributed by atoms with Crippen LogP contribution in [0.2, 0.25) is 18.6 Å². The van der Waals surface area contributed by atoms with Crippen molar-refractivity contribution in [2.75, 3.05) is 14.2 Å². The lowest BCUT2D eigenvalue weighted by molar-refractivity contribution is -0.179. The minimum atomic E-state index is -2.19. The predicted octanol–water partition coefficient (Wildman–Crippen LogP) is 3.61. The third-order valence-electron chi connectivity index (χ3n) is 11.0. The van der Waals surface area contributed by atoms with Gasteiger partial charge in [-0.2, -0.15) is 0 Å². The van der Waals surface area contributed by atoms with E-state index in [2.05, 4.69) is 25.2 Å². The van der Waals surface area contributed by atoms with Gasteiger partial charge in [0.2, 0.25) is 0 Å². The number of ether oxygens (including phenoxy) is 3. The fraction of sp³-hybridized carbons (Fsp3) is 0.636. The average Bonchev–Trinajstić information content (AvgIpc) is 3.31. The molecule has 3 saturated carbocycles. The third-order valence-corrected chi connectivity index (χ3v) is 15.3. The maximum atomic E-state index is 14.3. The Hall–Kier alpha value is -2.98. The van der Waals surface area contributed by atoms with Crippen LogP contribution in [0.4, 0.5) is 0 Å². The predicted molar refractivity (Wildman–Crippen MR) is 160 cm³/mol. The van der Waals surface area contributed by atoms with Crippen molar-refractivity contribution in [3.63, 3.8) is 0 Å². The largest absolute Gasteiger partial charge is 0.468 e. The van der Waals surface area contributed by atoms with E-state index >= 15 is 0 Å². The van der Waals surface area contributed by atoms with Crippen LogP contribution in [0, 0.1) is 28.6 Å². The molecule has 9 nitrogen and oxygen atoms in total. The second-order valence-corrected chi connectivity index (χ2v) is 18.1. The highest BCUT2D eigenvalue weighted by molar-refractivity contribution is 6.91. The Bertz CT molecular complexity index is 1280. The number of esters is 2. The van der Waals surface area contributed by atoms with E-state index in [0.29, 0.717) is 19.1 Å². The summed E-state index contributed by atoms with van der Waals surface area (Å²) < 4.78 is 16.5. The van der Waals surface area contributed by atoms with Gasteiger partial charge in [-0.05, 0) is 31.2 Å². The van der Waals surface area contributed by atoms with Crippen molar-refractivity contribution < 1.29 is 43.0 Å². The summed E-state index contributed by atoms with van der Waals surface area (Å²) in [7, 11) is 0.495. The summed E-state index contributed by atoms with van der Waals surface area (Å²) in [4.78, 5) is 80.5. The molecule has 3 fully saturated rings. The molecule has 0 spiro atoms. The molecule has 43 heavy (non-hydrogen) atoms.